The number of hydrogen-bond donors (Lipinski definition) is 5. The van der Waals surface area contributed by atoms with Crippen LogP contribution in [-0.4, -0.2) is 143 Å². The van der Waals surface area contributed by atoms with Crippen LogP contribution in [0.2, 0.25) is 10.0 Å². The third-order valence-electron chi connectivity index (χ3n) is 11.1. The second-order valence-electron chi connectivity index (χ2n) is 16.3. The lowest BCUT2D eigenvalue weighted by Gasteiger charge is -2.35. The van der Waals surface area contributed by atoms with E-state index in [0.717, 1.165) is 9.80 Å². The van der Waals surface area contributed by atoms with E-state index in [1.54, 1.807) is 12.1 Å². The van der Waals surface area contributed by atoms with E-state index in [-0.39, 0.29) is 50.1 Å². The maximum absolute atomic E-state index is 14.6. The minimum atomic E-state index is -5.43. The fraction of sp³-hybridized carbons (Fsp3) is 0.667. The molecule has 21 heteroatoms. The maximum atomic E-state index is 14.6. The van der Waals surface area contributed by atoms with Gasteiger partial charge in [0.15, 0.2) is 0 Å². The Bertz CT molecular complexity index is 1800. The van der Waals surface area contributed by atoms with Crippen molar-refractivity contribution in [2.75, 3.05) is 33.7 Å². The van der Waals surface area contributed by atoms with Crippen LogP contribution >= 0.6 is 23.2 Å². The van der Waals surface area contributed by atoms with Crippen molar-refractivity contribution in [3.8, 4) is 0 Å². The molecular formula is C39H53Cl2F4N7O8. The summed E-state index contributed by atoms with van der Waals surface area (Å²) in [5.41, 5.74) is -3.47. The maximum Gasteiger partial charge on any atom is 0.426 e. The number of aliphatic hydroxyl groups is 1. The minimum absolute atomic E-state index is 0.0291. The number of amides is 7. The second kappa shape index (κ2) is 20.1. The number of carbonyl (C=O) groups excluding carboxylic acids is 7. The Morgan fingerprint density at radius 1 is 1.03 bits per heavy atom. The number of alkyl halides is 4. The van der Waals surface area contributed by atoms with Gasteiger partial charge in [-0.05, 0) is 81.0 Å². The van der Waals surface area contributed by atoms with Crippen LogP contribution in [0.1, 0.15) is 71.3 Å². The number of benzene rings is 1. The van der Waals surface area contributed by atoms with Crippen molar-refractivity contribution in [3.63, 3.8) is 0 Å². The molecule has 3 aliphatic rings. The number of nitrogens with zero attached hydrogens (tertiary/aromatic N) is 3. The van der Waals surface area contributed by atoms with Gasteiger partial charge in [0, 0.05) is 43.5 Å². The average molecular weight is 895 g/mol. The fourth-order valence-electron chi connectivity index (χ4n) is 7.30. The molecule has 2 aliphatic heterocycles. The summed E-state index contributed by atoms with van der Waals surface area (Å²) in [7, 11) is 2.69. The van der Waals surface area contributed by atoms with Crippen molar-refractivity contribution in [1.82, 2.24) is 36.0 Å². The first-order chi connectivity index (χ1) is 27.9. The van der Waals surface area contributed by atoms with Gasteiger partial charge in [-0.25, -0.2) is 4.39 Å². The van der Waals surface area contributed by atoms with Crippen LogP contribution in [-0.2, 0) is 40.0 Å². The molecular weight excluding hydrogens is 841 g/mol. The van der Waals surface area contributed by atoms with Crippen LogP contribution in [0.25, 0.3) is 0 Å². The molecule has 0 spiro atoms. The molecule has 2 heterocycles. The van der Waals surface area contributed by atoms with Crippen molar-refractivity contribution in [1.29, 1.82) is 0 Å². The number of nitrogens with one attached hydrogen (secondary N) is 4. The number of likely N-dealkylation sites (tertiary alicyclic amines) is 1. The Morgan fingerprint density at radius 2 is 1.70 bits per heavy atom. The van der Waals surface area contributed by atoms with Gasteiger partial charge in [-0.15, -0.1) is 0 Å². The summed E-state index contributed by atoms with van der Waals surface area (Å²) in [5, 5.41) is 21.1. The lowest BCUT2D eigenvalue weighted by Crippen LogP contribution is -2.61. The first-order valence-electron chi connectivity index (χ1n) is 19.8. The highest BCUT2D eigenvalue weighted by Crippen LogP contribution is 2.36. The Kier molecular flexibility index (Phi) is 16.2. The summed E-state index contributed by atoms with van der Waals surface area (Å²) in [6.45, 7) is 2.69. The lowest BCUT2D eigenvalue weighted by molar-refractivity contribution is -0.250. The molecule has 2 saturated heterocycles. The molecule has 1 aromatic carbocycles. The zero-order valence-corrected chi connectivity index (χ0v) is 35.6. The van der Waals surface area contributed by atoms with Gasteiger partial charge in [0.2, 0.25) is 41.0 Å². The molecule has 1 saturated carbocycles. The monoisotopic (exact) mass is 893 g/mol. The molecule has 3 fully saturated rings. The summed E-state index contributed by atoms with van der Waals surface area (Å²) in [6, 6.07) is -2.15. The molecule has 0 bridgehead atoms. The van der Waals surface area contributed by atoms with Gasteiger partial charge in [0.05, 0.1) is 13.1 Å². The van der Waals surface area contributed by atoms with E-state index in [1.807, 2.05) is 13.8 Å². The van der Waals surface area contributed by atoms with Gasteiger partial charge in [-0.3, -0.25) is 33.6 Å². The van der Waals surface area contributed by atoms with E-state index in [9.17, 15) is 56.2 Å². The standard InChI is InChI=1S/C39H53Cl2F4N7O8/c1-20(2)14-26-35(57)51(5)28(16-22-15-23(40)11-12-25(22)41)32(54)47-18-30(53)46-13-7-6-8-27(33(55)48-26)50(4)36(58)31(21-9-10-21)49-34(56)29-17-24(42)19-52(29)37(59)38(3,60)39(43,44)45/h11-12,15,20-21,24,26-29,31,60H,6-10,13-14,16-19H2,1-5H3,(H,46,53)(H,47,54)(H,48,55)(H,49,56)/t24-,26+,27+,28+,29+,31+,38-/m1/s1. The van der Waals surface area contributed by atoms with Gasteiger partial charge in [0.1, 0.15) is 36.4 Å². The van der Waals surface area contributed by atoms with Crippen molar-refractivity contribution < 1.29 is 56.2 Å². The highest BCUT2D eigenvalue weighted by Gasteiger charge is 2.59. The molecule has 1 aliphatic carbocycles. The summed E-state index contributed by atoms with van der Waals surface area (Å²) in [6.07, 6.45) is -6.44. The smallest absolute Gasteiger partial charge is 0.373 e. The van der Waals surface area contributed by atoms with Crippen molar-refractivity contribution >= 4 is 64.6 Å². The number of rotatable bonds is 10. The largest absolute Gasteiger partial charge is 0.426 e. The van der Waals surface area contributed by atoms with Crippen molar-refractivity contribution in [3.05, 3.63) is 33.8 Å². The minimum Gasteiger partial charge on any atom is -0.373 e. The predicted octanol–water partition coefficient (Wildman–Crippen LogP) is 2.28. The predicted molar refractivity (Wildman–Crippen MR) is 211 cm³/mol. The first-order valence-corrected chi connectivity index (χ1v) is 20.6. The molecule has 7 atom stereocenters. The van der Waals surface area contributed by atoms with Crippen LogP contribution < -0.4 is 21.3 Å². The second-order valence-corrected chi connectivity index (χ2v) is 17.2. The zero-order chi connectivity index (χ0) is 44.9. The number of halogens is 6. The van der Waals surface area contributed by atoms with Gasteiger partial charge in [0.25, 0.3) is 5.91 Å². The Hall–Kier alpha value is -4.23. The summed E-state index contributed by atoms with van der Waals surface area (Å²) >= 11 is 12.6. The molecule has 334 valence electrons. The average Bonchev–Trinajstić information content (AvgIpc) is 3.94. The van der Waals surface area contributed by atoms with Gasteiger partial charge >= 0.3 is 6.18 Å². The fourth-order valence-corrected chi connectivity index (χ4v) is 7.69. The van der Waals surface area contributed by atoms with E-state index in [2.05, 4.69) is 21.3 Å². The van der Waals surface area contributed by atoms with Crippen LogP contribution in [0.4, 0.5) is 17.6 Å². The van der Waals surface area contributed by atoms with Gasteiger partial charge < -0.3 is 41.1 Å². The van der Waals surface area contributed by atoms with E-state index >= 15 is 0 Å². The van der Waals surface area contributed by atoms with Crippen molar-refractivity contribution in [2.24, 2.45) is 11.8 Å². The summed E-state index contributed by atoms with van der Waals surface area (Å²) in [4.78, 5) is 98.2. The molecule has 15 nitrogen and oxygen atoms in total. The SMILES string of the molecule is CC(C)C[C@@H]1NC(=O)[C@@H](N(C)C(=O)[C@@H](NC(=O)[C@@H]2C[C@@H](F)CN2C(=O)[C@@](C)(O)C(F)(F)F)C2CC2)CCCCNC(=O)CNC(=O)[C@H](Cc2cc(Cl)ccc2Cl)N(C)C1=O. The van der Waals surface area contributed by atoms with E-state index in [1.165, 1.54) is 20.2 Å². The highest BCUT2D eigenvalue weighted by molar-refractivity contribution is 6.33. The van der Waals surface area contributed by atoms with Gasteiger partial charge in [-0.1, -0.05) is 37.0 Å². The quantitative estimate of drug-likeness (QED) is 0.221. The van der Waals surface area contributed by atoms with Crippen LogP contribution in [0, 0.1) is 11.8 Å². The van der Waals surface area contributed by atoms with E-state index in [0.29, 0.717) is 34.7 Å². The number of likely N-dealkylation sites (N-methyl/N-ethyl adjacent to an activating group) is 2. The Balaban J connectivity index is 1.62. The zero-order valence-electron chi connectivity index (χ0n) is 34.0. The summed E-state index contributed by atoms with van der Waals surface area (Å²) in [5.74, 6) is -7.00. The molecule has 5 N–H and O–H groups in total. The third kappa shape index (κ3) is 12.0. The van der Waals surface area contributed by atoms with Crippen LogP contribution in [0.5, 0.6) is 0 Å². The van der Waals surface area contributed by atoms with E-state index < -0.39 is 115 Å². The Morgan fingerprint density at radius 3 is 2.32 bits per heavy atom. The molecule has 0 unspecified atom stereocenters. The lowest BCUT2D eigenvalue weighted by atomic mass is 9.98. The molecule has 0 aromatic heterocycles. The van der Waals surface area contributed by atoms with E-state index in [4.69, 9.17) is 23.2 Å². The molecule has 60 heavy (non-hydrogen) atoms. The van der Waals surface area contributed by atoms with Gasteiger partial charge in [-0.2, -0.15) is 13.2 Å². The molecule has 4 rings (SSSR count). The number of carbonyl (C=O) groups is 7. The Labute approximate surface area is 355 Å². The van der Waals surface area contributed by atoms with Crippen LogP contribution in [0.3, 0.4) is 0 Å². The normalized spacial score (nSPS) is 25.5. The molecule has 7 amide bonds. The summed E-state index contributed by atoms with van der Waals surface area (Å²) < 4.78 is 55.3. The third-order valence-corrected chi connectivity index (χ3v) is 11.7. The highest BCUT2D eigenvalue weighted by atomic mass is 35.5. The van der Waals surface area contributed by atoms with Crippen molar-refractivity contribution in [2.45, 2.75) is 120 Å². The number of hydrogen-bond acceptors (Lipinski definition) is 8. The molecule has 0 radical (unpaired) electrons. The first kappa shape index (κ1) is 48.4. The topological polar surface area (TPSA) is 198 Å². The molecule has 1 aromatic rings. The van der Waals surface area contributed by atoms with Crippen LogP contribution in [0.15, 0.2) is 18.2 Å².